The fourth-order valence-corrected chi connectivity index (χ4v) is 4.03. The Hall–Kier alpha value is -1.05. The maximum atomic E-state index is 11.7. The molecule has 0 saturated carbocycles. The van der Waals surface area contributed by atoms with Crippen LogP contribution in [0.25, 0.3) is 0 Å². The van der Waals surface area contributed by atoms with Gasteiger partial charge in [-0.2, -0.15) is 0 Å². The van der Waals surface area contributed by atoms with Crippen molar-refractivity contribution in [1.29, 1.82) is 0 Å². The van der Waals surface area contributed by atoms with Crippen molar-refractivity contribution in [2.75, 3.05) is 24.6 Å². The van der Waals surface area contributed by atoms with Gasteiger partial charge in [0.15, 0.2) is 0 Å². The van der Waals surface area contributed by atoms with E-state index in [2.05, 4.69) is 17.4 Å². The maximum Gasteiger partial charge on any atom is 0.238 e. The Labute approximate surface area is 150 Å². The lowest BCUT2D eigenvalue weighted by Gasteiger charge is -2.14. The number of nitrogens with one attached hydrogen (secondary N) is 1. The summed E-state index contributed by atoms with van der Waals surface area (Å²) in [6.07, 6.45) is 2.07. The lowest BCUT2D eigenvalue weighted by molar-refractivity contribution is -0.124. The molecule has 0 aromatic heterocycles. The van der Waals surface area contributed by atoms with Crippen molar-refractivity contribution >= 4 is 51.9 Å². The van der Waals surface area contributed by atoms with Gasteiger partial charge in [-0.3, -0.25) is 14.5 Å². The minimum Gasteiger partial charge on any atom is -0.355 e. The zero-order valence-electron chi connectivity index (χ0n) is 12.8. The number of carbonyl (C=O) groups excluding carboxylic acids is 2. The van der Waals surface area contributed by atoms with Crippen LogP contribution in [-0.4, -0.2) is 45.6 Å². The van der Waals surface area contributed by atoms with E-state index in [0.29, 0.717) is 29.6 Å². The number of thiocarbonyl (C=S) groups is 1. The van der Waals surface area contributed by atoms with Crippen LogP contribution in [0.2, 0.25) is 0 Å². The molecule has 0 bridgehead atoms. The van der Waals surface area contributed by atoms with Gasteiger partial charge in [-0.25, -0.2) is 0 Å². The molecule has 7 heteroatoms. The smallest absolute Gasteiger partial charge is 0.238 e. The van der Waals surface area contributed by atoms with Crippen LogP contribution < -0.4 is 5.32 Å². The molecule has 0 radical (unpaired) electrons. The van der Waals surface area contributed by atoms with E-state index in [1.807, 2.05) is 18.2 Å². The van der Waals surface area contributed by atoms with Crippen molar-refractivity contribution in [3.05, 3.63) is 30.3 Å². The molecule has 4 nitrogen and oxygen atoms in total. The van der Waals surface area contributed by atoms with E-state index >= 15 is 0 Å². The summed E-state index contributed by atoms with van der Waals surface area (Å²) in [5.74, 6) is 1.48. The van der Waals surface area contributed by atoms with Crippen LogP contribution >= 0.6 is 35.7 Å². The normalized spacial score (nSPS) is 14.3. The SMILES string of the molecule is O=C(CCCCN1C(=O)CSC1=S)NCCSc1ccccc1. The molecule has 2 amide bonds. The van der Waals surface area contributed by atoms with Crippen LogP contribution in [0.5, 0.6) is 0 Å². The molecular weight excluding hydrogens is 348 g/mol. The zero-order chi connectivity index (χ0) is 16.5. The Kier molecular flexibility index (Phi) is 7.91. The first kappa shape index (κ1) is 18.3. The van der Waals surface area contributed by atoms with Crippen molar-refractivity contribution in [3.8, 4) is 0 Å². The summed E-state index contributed by atoms with van der Waals surface area (Å²) in [6.45, 7) is 1.30. The van der Waals surface area contributed by atoms with E-state index in [-0.39, 0.29) is 11.8 Å². The maximum absolute atomic E-state index is 11.7. The third-order valence-electron chi connectivity index (χ3n) is 3.31. The summed E-state index contributed by atoms with van der Waals surface area (Å²) >= 11 is 8.26. The lowest BCUT2D eigenvalue weighted by Crippen LogP contribution is -2.30. The highest BCUT2D eigenvalue weighted by atomic mass is 32.2. The Morgan fingerprint density at radius 3 is 2.78 bits per heavy atom. The Balaban J connectivity index is 1.50. The minimum absolute atomic E-state index is 0.0726. The van der Waals surface area contributed by atoms with Gasteiger partial charge in [0.25, 0.3) is 0 Å². The number of nitrogens with zero attached hydrogens (tertiary/aromatic N) is 1. The predicted octanol–water partition coefficient (Wildman–Crippen LogP) is 2.93. The molecule has 1 saturated heterocycles. The summed E-state index contributed by atoms with van der Waals surface area (Å²) in [5, 5.41) is 2.93. The first-order valence-corrected chi connectivity index (χ1v) is 9.96. The van der Waals surface area contributed by atoms with E-state index in [0.717, 1.165) is 18.6 Å². The second-order valence-corrected chi connectivity index (χ2v) is 7.85. The second-order valence-electron chi connectivity index (χ2n) is 5.07. The number of hydrogen-bond acceptors (Lipinski definition) is 5. The Morgan fingerprint density at radius 2 is 2.09 bits per heavy atom. The molecule has 2 rings (SSSR count). The van der Waals surface area contributed by atoms with E-state index in [9.17, 15) is 9.59 Å². The van der Waals surface area contributed by atoms with Crippen LogP contribution in [0.4, 0.5) is 0 Å². The molecule has 1 aliphatic heterocycles. The Bertz CT molecular complexity index is 536. The van der Waals surface area contributed by atoms with Gasteiger partial charge < -0.3 is 5.32 Å². The average molecular weight is 369 g/mol. The molecular formula is C16H20N2O2S3. The molecule has 0 aliphatic carbocycles. The standard InChI is InChI=1S/C16H20N2O2S3/c19-14(17-9-11-22-13-6-2-1-3-7-13)8-4-5-10-18-15(20)12-23-16(18)21/h1-3,6-7H,4-5,8-12H2,(H,17,19). The van der Waals surface area contributed by atoms with Crippen molar-refractivity contribution in [3.63, 3.8) is 0 Å². The third kappa shape index (κ3) is 6.53. The van der Waals surface area contributed by atoms with Crippen LogP contribution in [0.15, 0.2) is 35.2 Å². The minimum atomic E-state index is 0.0726. The fraction of sp³-hybridized carbons (Fsp3) is 0.438. The molecule has 1 heterocycles. The molecule has 0 unspecified atom stereocenters. The molecule has 1 N–H and O–H groups in total. The Morgan fingerprint density at radius 1 is 1.30 bits per heavy atom. The summed E-state index contributed by atoms with van der Waals surface area (Å²) in [7, 11) is 0. The lowest BCUT2D eigenvalue weighted by atomic mass is 10.2. The topological polar surface area (TPSA) is 49.4 Å². The highest BCUT2D eigenvalue weighted by Crippen LogP contribution is 2.19. The van der Waals surface area contributed by atoms with Gasteiger partial charge >= 0.3 is 0 Å². The number of benzene rings is 1. The third-order valence-corrected chi connectivity index (χ3v) is 5.76. The highest BCUT2D eigenvalue weighted by Gasteiger charge is 2.25. The molecule has 23 heavy (non-hydrogen) atoms. The van der Waals surface area contributed by atoms with Gasteiger partial charge in [0.1, 0.15) is 4.32 Å². The van der Waals surface area contributed by atoms with Gasteiger partial charge in [-0.1, -0.05) is 42.2 Å². The fourth-order valence-electron chi connectivity index (χ4n) is 2.12. The van der Waals surface area contributed by atoms with Crippen LogP contribution in [0, 0.1) is 0 Å². The summed E-state index contributed by atoms with van der Waals surface area (Å²) in [5.41, 5.74) is 0. The van der Waals surface area contributed by atoms with Gasteiger partial charge in [0.2, 0.25) is 11.8 Å². The van der Waals surface area contributed by atoms with Crippen molar-refractivity contribution < 1.29 is 9.59 Å². The largest absolute Gasteiger partial charge is 0.355 e. The van der Waals surface area contributed by atoms with Crippen LogP contribution in [0.1, 0.15) is 19.3 Å². The predicted molar refractivity (Wildman–Crippen MR) is 101 cm³/mol. The van der Waals surface area contributed by atoms with Gasteiger partial charge in [-0.05, 0) is 25.0 Å². The van der Waals surface area contributed by atoms with E-state index < -0.39 is 0 Å². The van der Waals surface area contributed by atoms with Crippen LogP contribution in [0.3, 0.4) is 0 Å². The number of unbranched alkanes of at least 4 members (excludes halogenated alkanes) is 1. The summed E-state index contributed by atoms with van der Waals surface area (Å²) in [6, 6.07) is 10.1. The number of rotatable bonds is 9. The number of amides is 2. The van der Waals surface area contributed by atoms with Crippen LogP contribution in [-0.2, 0) is 9.59 Å². The van der Waals surface area contributed by atoms with Gasteiger partial charge in [0.05, 0.1) is 5.75 Å². The number of hydrogen-bond donors (Lipinski definition) is 1. The van der Waals surface area contributed by atoms with Gasteiger partial charge in [-0.15, -0.1) is 11.8 Å². The first-order valence-electron chi connectivity index (χ1n) is 7.58. The molecule has 0 spiro atoms. The van der Waals surface area contributed by atoms with Crippen molar-refractivity contribution in [2.24, 2.45) is 0 Å². The molecule has 1 aromatic rings. The van der Waals surface area contributed by atoms with Gasteiger partial charge in [0, 0.05) is 30.2 Å². The van der Waals surface area contributed by atoms with E-state index in [4.69, 9.17) is 12.2 Å². The monoisotopic (exact) mass is 368 g/mol. The quantitative estimate of drug-likeness (QED) is 0.413. The van der Waals surface area contributed by atoms with E-state index in [1.54, 1.807) is 16.7 Å². The van der Waals surface area contributed by atoms with Crippen molar-refractivity contribution in [2.45, 2.75) is 24.2 Å². The summed E-state index contributed by atoms with van der Waals surface area (Å²) in [4.78, 5) is 26.1. The molecule has 1 fully saturated rings. The zero-order valence-corrected chi connectivity index (χ0v) is 15.3. The second kappa shape index (κ2) is 9.95. The first-order chi connectivity index (χ1) is 11.2. The number of carbonyl (C=O) groups is 2. The molecule has 124 valence electrons. The molecule has 0 atom stereocenters. The highest BCUT2D eigenvalue weighted by molar-refractivity contribution is 8.23. The molecule has 1 aliphatic rings. The molecule has 1 aromatic carbocycles. The van der Waals surface area contributed by atoms with E-state index in [1.165, 1.54) is 16.7 Å². The van der Waals surface area contributed by atoms with Crippen molar-refractivity contribution in [1.82, 2.24) is 10.2 Å². The summed E-state index contributed by atoms with van der Waals surface area (Å²) < 4.78 is 0.664. The average Bonchev–Trinajstić information content (AvgIpc) is 2.88. The number of thioether (sulfide) groups is 2.